The highest BCUT2D eigenvalue weighted by atomic mass is 32.2. The van der Waals surface area contributed by atoms with Crippen LogP contribution in [0.2, 0.25) is 0 Å². The third kappa shape index (κ3) is 3.64. The lowest BCUT2D eigenvalue weighted by Gasteiger charge is -2.14. The van der Waals surface area contributed by atoms with Gasteiger partial charge in [-0.2, -0.15) is 10.2 Å². The van der Waals surface area contributed by atoms with E-state index in [1.807, 2.05) is 35.8 Å². The molecule has 0 radical (unpaired) electrons. The van der Waals surface area contributed by atoms with Crippen LogP contribution in [0.1, 0.15) is 18.9 Å². The summed E-state index contributed by atoms with van der Waals surface area (Å²) in [5, 5.41) is 20.7. The van der Waals surface area contributed by atoms with Crippen molar-refractivity contribution in [1.82, 2.24) is 14.5 Å². The summed E-state index contributed by atoms with van der Waals surface area (Å²) in [7, 11) is 0. The van der Waals surface area contributed by atoms with E-state index in [9.17, 15) is 15.2 Å². The van der Waals surface area contributed by atoms with Gasteiger partial charge < -0.3 is 9.67 Å². The molecular formula is C18H16N4O2S2. The van der Waals surface area contributed by atoms with Gasteiger partial charge in [0, 0.05) is 18.8 Å². The number of rotatable bonds is 5. The summed E-state index contributed by atoms with van der Waals surface area (Å²) in [5.74, 6) is -0.0719. The second kappa shape index (κ2) is 7.72. The summed E-state index contributed by atoms with van der Waals surface area (Å²) in [6, 6.07) is 11.0. The van der Waals surface area contributed by atoms with Crippen LogP contribution in [-0.4, -0.2) is 24.9 Å². The predicted octanol–water partition coefficient (Wildman–Crippen LogP) is 3.85. The highest BCUT2D eigenvalue weighted by molar-refractivity contribution is 7.99. The van der Waals surface area contributed by atoms with Gasteiger partial charge in [0.15, 0.2) is 5.16 Å². The van der Waals surface area contributed by atoms with Crippen LogP contribution in [0.15, 0.2) is 52.2 Å². The lowest BCUT2D eigenvalue weighted by molar-refractivity contribution is 0.402. The minimum atomic E-state index is -0.455. The summed E-state index contributed by atoms with van der Waals surface area (Å²) in [4.78, 5) is 20.0. The fourth-order valence-electron chi connectivity index (χ4n) is 2.36. The molecule has 6 nitrogen and oxygen atoms in total. The van der Waals surface area contributed by atoms with Crippen molar-refractivity contribution in [3.05, 3.63) is 57.6 Å². The van der Waals surface area contributed by atoms with Crippen LogP contribution in [0, 0.1) is 11.3 Å². The van der Waals surface area contributed by atoms with Crippen molar-refractivity contribution < 1.29 is 5.11 Å². The number of hydrogen-bond donors (Lipinski definition) is 1. The second-order valence-electron chi connectivity index (χ2n) is 5.45. The Bertz CT molecular complexity index is 1050. The number of allylic oxidation sites excluding steroid dienone is 1. The molecule has 0 aliphatic rings. The van der Waals surface area contributed by atoms with Gasteiger partial charge in [0.2, 0.25) is 0 Å². The molecule has 3 aromatic rings. The Kier molecular flexibility index (Phi) is 5.40. The fraction of sp³-hybridized carbons (Fsp3) is 0.222. The van der Waals surface area contributed by atoms with Gasteiger partial charge in [-0.1, -0.05) is 23.9 Å². The molecule has 3 rings (SSSR count). The fourth-order valence-corrected chi connectivity index (χ4v) is 4.34. The van der Waals surface area contributed by atoms with Crippen LogP contribution in [0.3, 0.4) is 0 Å². The Labute approximate surface area is 158 Å². The van der Waals surface area contributed by atoms with E-state index in [2.05, 4.69) is 16.0 Å². The molecule has 1 aromatic carbocycles. The first-order valence-corrected chi connectivity index (χ1v) is 9.66. The number of para-hydroxylation sites is 1. The third-order valence-corrected chi connectivity index (χ3v) is 5.90. The number of aryl methyl sites for hydroxylation is 1. The average Bonchev–Trinajstić information content (AvgIpc) is 3.06. The Morgan fingerprint density at radius 3 is 2.85 bits per heavy atom. The van der Waals surface area contributed by atoms with Crippen LogP contribution in [0.5, 0.6) is 0 Å². The molecule has 0 amide bonds. The molecule has 132 valence electrons. The zero-order valence-electron chi connectivity index (χ0n) is 14.2. The van der Waals surface area contributed by atoms with Gasteiger partial charge in [-0.3, -0.25) is 4.79 Å². The van der Waals surface area contributed by atoms with Crippen molar-refractivity contribution in [2.45, 2.75) is 30.8 Å². The molecule has 0 bridgehead atoms. The second-order valence-corrected chi connectivity index (χ2v) is 7.79. The number of nitrogens with zero attached hydrogens (tertiary/aromatic N) is 4. The molecule has 0 fully saturated rings. The first-order valence-electron chi connectivity index (χ1n) is 7.96. The minimum absolute atomic E-state index is 0.0719. The smallest absolute Gasteiger partial charge is 0.273 e. The lowest BCUT2D eigenvalue weighted by Crippen LogP contribution is -2.15. The van der Waals surface area contributed by atoms with E-state index in [0.717, 1.165) is 10.2 Å². The van der Waals surface area contributed by atoms with Crippen LogP contribution in [0.4, 0.5) is 0 Å². The Morgan fingerprint density at radius 2 is 2.15 bits per heavy atom. The average molecular weight is 384 g/mol. The molecule has 1 atom stereocenters. The van der Waals surface area contributed by atoms with Gasteiger partial charge >= 0.3 is 0 Å². The number of thioether (sulfide) groups is 1. The number of aromatic nitrogens is 3. The normalized spacial score (nSPS) is 13.3. The van der Waals surface area contributed by atoms with Gasteiger partial charge in [0.25, 0.3) is 5.56 Å². The maximum atomic E-state index is 11.5. The molecule has 2 heterocycles. The number of aliphatic hydroxyl groups excluding tert-OH is 1. The third-order valence-electron chi connectivity index (χ3n) is 3.73. The van der Waals surface area contributed by atoms with Gasteiger partial charge in [0.1, 0.15) is 22.4 Å². The first kappa shape index (κ1) is 18.2. The molecule has 0 aliphatic carbocycles. The summed E-state index contributed by atoms with van der Waals surface area (Å²) < 4.78 is 2.77. The number of nitriles is 1. The van der Waals surface area contributed by atoms with Crippen LogP contribution < -0.4 is 5.56 Å². The number of benzene rings is 1. The molecule has 1 N–H and O–H groups in total. The van der Waals surface area contributed by atoms with Crippen LogP contribution >= 0.6 is 23.1 Å². The summed E-state index contributed by atoms with van der Waals surface area (Å²) in [6.07, 6.45) is 1.67. The molecule has 0 aliphatic heterocycles. The van der Waals surface area contributed by atoms with E-state index in [1.165, 1.54) is 29.2 Å². The van der Waals surface area contributed by atoms with E-state index in [0.29, 0.717) is 16.7 Å². The van der Waals surface area contributed by atoms with Gasteiger partial charge in [-0.25, -0.2) is 4.98 Å². The van der Waals surface area contributed by atoms with Gasteiger partial charge in [-0.15, -0.1) is 11.3 Å². The molecule has 2 aromatic heterocycles. The predicted molar refractivity (Wildman–Crippen MR) is 104 cm³/mol. The quantitative estimate of drug-likeness (QED) is 0.311. The zero-order valence-corrected chi connectivity index (χ0v) is 15.8. The van der Waals surface area contributed by atoms with E-state index >= 15 is 0 Å². The summed E-state index contributed by atoms with van der Waals surface area (Å²) >= 11 is 2.59. The Balaban J connectivity index is 1.96. The molecule has 26 heavy (non-hydrogen) atoms. The number of hydrogen-bond acceptors (Lipinski definition) is 7. The first-order chi connectivity index (χ1) is 12.5. The molecule has 8 heteroatoms. The summed E-state index contributed by atoms with van der Waals surface area (Å²) in [5.41, 5.74) is 0.602. The maximum absolute atomic E-state index is 11.5. The van der Waals surface area contributed by atoms with Crippen molar-refractivity contribution in [1.29, 1.82) is 5.26 Å². The van der Waals surface area contributed by atoms with Crippen molar-refractivity contribution in [2.24, 2.45) is 0 Å². The molecule has 0 saturated carbocycles. The maximum Gasteiger partial charge on any atom is 0.273 e. The van der Waals surface area contributed by atoms with Crippen LogP contribution in [0.25, 0.3) is 15.8 Å². The molecular weight excluding hydrogens is 368 g/mol. The van der Waals surface area contributed by atoms with Crippen molar-refractivity contribution in [3.8, 4) is 6.07 Å². The van der Waals surface area contributed by atoms with Gasteiger partial charge in [0.05, 0.1) is 15.5 Å². The highest BCUT2D eigenvalue weighted by Crippen LogP contribution is 2.32. The number of fused-ring (bicyclic) bond motifs is 1. The van der Waals surface area contributed by atoms with Crippen molar-refractivity contribution in [2.75, 3.05) is 0 Å². The van der Waals surface area contributed by atoms with Gasteiger partial charge in [-0.05, 0) is 26.0 Å². The monoisotopic (exact) mass is 384 g/mol. The number of thiazole rings is 1. The number of aliphatic hydroxyl groups is 1. The van der Waals surface area contributed by atoms with E-state index < -0.39 is 5.25 Å². The zero-order chi connectivity index (χ0) is 18.7. The van der Waals surface area contributed by atoms with Crippen LogP contribution in [-0.2, 0) is 6.54 Å². The molecule has 0 spiro atoms. The Morgan fingerprint density at radius 1 is 1.38 bits per heavy atom. The largest absolute Gasteiger partial charge is 0.510 e. The van der Waals surface area contributed by atoms with E-state index in [1.54, 1.807) is 13.1 Å². The topological polar surface area (TPSA) is 91.8 Å². The van der Waals surface area contributed by atoms with Crippen molar-refractivity contribution >= 4 is 38.9 Å². The standard InChI is InChI=1S/C18H16N4O2S2/c1-3-22-9-8-15(23)21-18(22)25-11(2)16(24)12(10-19)17-20-13-6-4-5-7-14(13)26-17/h4-9,11,24H,3H2,1-2H3/b16-12+. The highest BCUT2D eigenvalue weighted by Gasteiger charge is 2.20. The lowest BCUT2D eigenvalue weighted by atomic mass is 10.2. The Hall–Kier alpha value is -2.63. The van der Waals surface area contributed by atoms with E-state index in [4.69, 9.17) is 0 Å². The van der Waals surface area contributed by atoms with E-state index in [-0.39, 0.29) is 16.9 Å². The minimum Gasteiger partial charge on any atom is -0.510 e. The summed E-state index contributed by atoms with van der Waals surface area (Å²) in [6.45, 7) is 4.36. The van der Waals surface area contributed by atoms with Crippen molar-refractivity contribution in [3.63, 3.8) is 0 Å². The SMILES string of the molecule is CCn1ccc(=O)nc1SC(C)/C(O)=C(/C#N)c1nc2ccccc2s1. The molecule has 0 saturated heterocycles. The molecule has 1 unspecified atom stereocenters.